The van der Waals surface area contributed by atoms with Crippen LogP contribution in [0.5, 0.6) is 0 Å². The molecule has 0 saturated heterocycles. The van der Waals surface area contributed by atoms with Gasteiger partial charge >= 0.3 is 0 Å². The number of nitrogens with one attached hydrogen (secondary N) is 3. The minimum absolute atomic E-state index is 0.00715. The molecule has 0 unspecified atom stereocenters. The van der Waals surface area contributed by atoms with Gasteiger partial charge in [-0.3, -0.25) is 10.2 Å². The Kier molecular flexibility index (Phi) is 6.52. The first-order valence-corrected chi connectivity index (χ1v) is 9.98. The molecule has 2 heterocycles. The van der Waals surface area contributed by atoms with Gasteiger partial charge in [0.05, 0.1) is 11.9 Å². The number of amides is 1. The highest BCUT2D eigenvalue weighted by Crippen LogP contribution is 2.25. The number of rotatable bonds is 5. The summed E-state index contributed by atoms with van der Waals surface area (Å²) < 4.78 is 14.5. The zero-order chi connectivity index (χ0) is 24.3. The predicted molar refractivity (Wildman–Crippen MR) is 124 cm³/mol. The van der Waals surface area contributed by atoms with Crippen LogP contribution in [0.4, 0.5) is 21.8 Å². The molecule has 0 aliphatic carbocycles. The van der Waals surface area contributed by atoms with Gasteiger partial charge in [-0.15, -0.1) is 0 Å². The molecule has 0 atom stereocenters. The number of allylic oxidation sites excluding steroid dienone is 1. The Labute approximate surface area is 190 Å². The molecule has 3 aromatic rings. The molecule has 1 aromatic carbocycles. The number of aliphatic hydroxyl groups excluding tert-OH is 1. The standard InChI is InChI=1S/C22H25FN8O2/c1-22(2,3)16(32)9-17(24)29-20(33)12-6-7-13(23)14(8-12)28-19-18-15(26-11-27-19)10-25-21(30-18)31(4)5/h6-11,32H,1-5H3,(H2,24,29,33)(H,26,27,28)/b16-9-. The van der Waals surface area contributed by atoms with Gasteiger partial charge in [0.15, 0.2) is 5.82 Å². The van der Waals surface area contributed by atoms with Gasteiger partial charge in [-0.1, -0.05) is 20.8 Å². The fourth-order valence-corrected chi connectivity index (χ4v) is 2.63. The van der Waals surface area contributed by atoms with E-state index in [9.17, 15) is 14.3 Å². The number of halogens is 1. The van der Waals surface area contributed by atoms with E-state index in [1.807, 2.05) is 0 Å². The van der Waals surface area contributed by atoms with Gasteiger partial charge < -0.3 is 20.6 Å². The molecule has 1 amide bonds. The van der Waals surface area contributed by atoms with E-state index in [4.69, 9.17) is 5.41 Å². The van der Waals surface area contributed by atoms with Crippen molar-refractivity contribution in [3.05, 3.63) is 53.9 Å². The molecule has 0 saturated carbocycles. The summed E-state index contributed by atoms with van der Waals surface area (Å²) in [4.78, 5) is 31.2. The topological polar surface area (TPSA) is 140 Å². The minimum Gasteiger partial charge on any atom is -0.512 e. The Balaban J connectivity index is 1.88. The van der Waals surface area contributed by atoms with Crippen molar-refractivity contribution in [1.82, 2.24) is 25.3 Å². The Bertz CT molecular complexity index is 1250. The predicted octanol–water partition coefficient (Wildman–Crippen LogP) is 3.56. The zero-order valence-corrected chi connectivity index (χ0v) is 18.9. The molecule has 0 aliphatic rings. The summed E-state index contributed by atoms with van der Waals surface area (Å²) in [6.07, 6.45) is 4.00. The maximum atomic E-state index is 14.5. The van der Waals surface area contributed by atoms with Crippen LogP contribution in [0, 0.1) is 16.6 Å². The summed E-state index contributed by atoms with van der Waals surface area (Å²) in [6, 6.07) is 3.72. The van der Waals surface area contributed by atoms with Crippen molar-refractivity contribution in [1.29, 1.82) is 5.41 Å². The van der Waals surface area contributed by atoms with Crippen molar-refractivity contribution in [2.24, 2.45) is 5.41 Å². The summed E-state index contributed by atoms with van der Waals surface area (Å²) in [5, 5.41) is 23.1. The van der Waals surface area contributed by atoms with Gasteiger partial charge in [0.25, 0.3) is 5.91 Å². The van der Waals surface area contributed by atoms with Crippen LogP contribution in [0.3, 0.4) is 0 Å². The number of carbonyl (C=O) groups excluding carboxylic acids is 1. The van der Waals surface area contributed by atoms with Crippen molar-refractivity contribution >= 4 is 40.2 Å². The zero-order valence-electron chi connectivity index (χ0n) is 18.9. The Morgan fingerprint density at radius 1 is 1.21 bits per heavy atom. The highest BCUT2D eigenvalue weighted by atomic mass is 19.1. The molecular weight excluding hydrogens is 427 g/mol. The highest BCUT2D eigenvalue weighted by Gasteiger charge is 2.18. The average molecular weight is 452 g/mol. The SMILES string of the molecule is CN(C)c1ncc2ncnc(Nc3cc(C(=O)NC(=N)/C=C(\O)C(C)(C)C)ccc3F)c2n1. The molecule has 3 rings (SSSR count). The molecule has 10 nitrogen and oxygen atoms in total. The lowest BCUT2D eigenvalue weighted by Crippen LogP contribution is -2.29. The van der Waals surface area contributed by atoms with Crippen LogP contribution in [0.2, 0.25) is 0 Å². The smallest absolute Gasteiger partial charge is 0.256 e. The fraction of sp³-hybridized carbons (Fsp3) is 0.273. The summed E-state index contributed by atoms with van der Waals surface area (Å²) in [5.74, 6) is -0.914. The number of benzene rings is 1. The fourth-order valence-electron chi connectivity index (χ4n) is 2.63. The number of aliphatic hydroxyl groups is 1. The molecule has 0 aliphatic heterocycles. The number of anilines is 3. The third kappa shape index (κ3) is 5.56. The maximum absolute atomic E-state index is 14.5. The molecule has 0 radical (unpaired) electrons. The number of carbonyl (C=O) groups is 1. The second kappa shape index (κ2) is 9.15. The van der Waals surface area contributed by atoms with Gasteiger partial charge in [-0.2, -0.15) is 0 Å². The molecule has 33 heavy (non-hydrogen) atoms. The van der Waals surface area contributed by atoms with Crippen molar-refractivity contribution in [2.45, 2.75) is 20.8 Å². The van der Waals surface area contributed by atoms with Crippen LogP contribution in [0.1, 0.15) is 31.1 Å². The molecule has 4 N–H and O–H groups in total. The third-order valence-electron chi connectivity index (χ3n) is 4.54. The lowest BCUT2D eigenvalue weighted by atomic mass is 9.93. The van der Waals surface area contributed by atoms with Crippen LogP contribution >= 0.6 is 0 Å². The van der Waals surface area contributed by atoms with Crippen LogP contribution < -0.4 is 15.5 Å². The number of amidine groups is 1. The highest BCUT2D eigenvalue weighted by molar-refractivity contribution is 6.09. The second-order valence-corrected chi connectivity index (χ2v) is 8.49. The van der Waals surface area contributed by atoms with Gasteiger partial charge in [-0.05, 0) is 18.2 Å². The van der Waals surface area contributed by atoms with E-state index in [0.29, 0.717) is 17.0 Å². The number of fused-ring (bicyclic) bond motifs is 1. The van der Waals surface area contributed by atoms with Gasteiger partial charge in [0.1, 0.15) is 34.8 Å². The molecule has 0 spiro atoms. The largest absolute Gasteiger partial charge is 0.512 e. The van der Waals surface area contributed by atoms with Gasteiger partial charge in [0.2, 0.25) is 5.95 Å². The lowest BCUT2D eigenvalue weighted by Gasteiger charge is -2.17. The van der Waals surface area contributed by atoms with Crippen molar-refractivity contribution in [3.63, 3.8) is 0 Å². The average Bonchev–Trinajstić information content (AvgIpc) is 2.74. The van der Waals surface area contributed by atoms with Crippen LogP contribution in [-0.4, -0.2) is 50.9 Å². The van der Waals surface area contributed by atoms with Crippen LogP contribution in [0.15, 0.2) is 42.6 Å². The quantitative estimate of drug-likeness (QED) is 0.262. The third-order valence-corrected chi connectivity index (χ3v) is 4.54. The number of aromatic nitrogens is 4. The van der Waals surface area contributed by atoms with E-state index in [0.717, 1.165) is 12.1 Å². The summed E-state index contributed by atoms with van der Waals surface area (Å²) in [7, 11) is 3.57. The Morgan fingerprint density at radius 2 is 1.94 bits per heavy atom. The molecule has 172 valence electrons. The van der Waals surface area contributed by atoms with E-state index in [-0.39, 0.29) is 28.7 Å². The van der Waals surface area contributed by atoms with Crippen LogP contribution in [-0.2, 0) is 0 Å². The van der Waals surface area contributed by atoms with E-state index < -0.39 is 17.1 Å². The number of nitrogens with zero attached hydrogens (tertiary/aromatic N) is 5. The number of hydrogen-bond acceptors (Lipinski definition) is 9. The van der Waals surface area contributed by atoms with Crippen molar-refractivity contribution in [3.8, 4) is 0 Å². The Morgan fingerprint density at radius 3 is 2.61 bits per heavy atom. The van der Waals surface area contributed by atoms with Crippen molar-refractivity contribution in [2.75, 3.05) is 24.3 Å². The first kappa shape index (κ1) is 23.5. The molecule has 2 aromatic heterocycles. The molecule has 0 bridgehead atoms. The van der Waals surface area contributed by atoms with Gasteiger partial charge in [-0.25, -0.2) is 24.3 Å². The van der Waals surface area contributed by atoms with E-state index >= 15 is 0 Å². The maximum Gasteiger partial charge on any atom is 0.256 e. The van der Waals surface area contributed by atoms with Crippen LogP contribution in [0.25, 0.3) is 11.0 Å². The molecular formula is C22H25FN8O2. The second-order valence-electron chi connectivity index (χ2n) is 8.49. The number of hydrogen-bond donors (Lipinski definition) is 4. The summed E-state index contributed by atoms with van der Waals surface area (Å²) in [6.45, 7) is 5.32. The van der Waals surface area contributed by atoms with E-state index in [1.165, 1.54) is 24.7 Å². The first-order chi connectivity index (χ1) is 15.5. The summed E-state index contributed by atoms with van der Waals surface area (Å²) in [5.41, 5.74) is 0.378. The normalized spacial score (nSPS) is 11.9. The van der Waals surface area contributed by atoms with Gasteiger partial charge in [0, 0.05) is 31.1 Å². The minimum atomic E-state index is -0.634. The van der Waals surface area contributed by atoms with Crippen molar-refractivity contribution < 1.29 is 14.3 Å². The van der Waals surface area contributed by atoms with E-state index in [1.54, 1.807) is 39.8 Å². The molecule has 0 fully saturated rings. The summed E-state index contributed by atoms with van der Waals surface area (Å²) >= 11 is 0. The Hall–Kier alpha value is -4.15. The molecule has 11 heteroatoms. The first-order valence-electron chi connectivity index (χ1n) is 9.98. The monoisotopic (exact) mass is 452 g/mol. The van der Waals surface area contributed by atoms with E-state index in [2.05, 4.69) is 30.6 Å². The lowest BCUT2D eigenvalue weighted by molar-refractivity contribution is 0.0977.